The molecule has 0 aliphatic heterocycles. The number of benzene rings is 1. The molecule has 0 fully saturated rings. The van der Waals surface area contributed by atoms with Gasteiger partial charge in [0.15, 0.2) is 11.4 Å². The van der Waals surface area contributed by atoms with Crippen LogP contribution >= 0.6 is 0 Å². The zero-order chi connectivity index (χ0) is 16.1. The molecule has 0 saturated carbocycles. The maximum absolute atomic E-state index is 12.0. The summed E-state index contributed by atoms with van der Waals surface area (Å²) < 4.78 is 1.51. The Morgan fingerprint density at radius 1 is 1.27 bits per heavy atom. The number of likely N-dealkylation sites (N-methyl/N-ethyl adjacent to an activating group) is 1. The van der Waals surface area contributed by atoms with Crippen LogP contribution < -0.4 is 10.6 Å². The van der Waals surface area contributed by atoms with Gasteiger partial charge in [-0.15, -0.1) is 0 Å². The van der Waals surface area contributed by atoms with Gasteiger partial charge in [-0.25, -0.2) is 4.68 Å². The maximum atomic E-state index is 12.0. The number of carbonyl (C=O) groups is 1. The molecule has 0 aliphatic rings. The topological polar surface area (TPSA) is 79.2 Å². The molecule has 6 nitrogen and oxygen atoms in total. The smallest absolute Gasteiger partial charge is 0.275 e. The number of nitrogens with one attached hydrogen (secondary N) is 2. The Bertz CT molecular complexity index is 632. The van der Waals surface area contributed by atoms with Crippen molar-refractivity contribution in [1.82, 2.24) is 20.4 Å². The number of carbonyl (C=O) groups excluding carboxylic acids is 1. The Morgan fingerprint density at radius 2 is 1.95 bits per heavy atom. The van der Waals surface area contributed by atoms with Crippen molar-refractivity contribution < 1.29 is 9.90 Å². The Balaban J connectivity index is 2.16. The summed E-state index contributed by atoms with van der Waals surface area (Å²) in [5, 5.41) is 19.7. The molecule has 0 bridgehead atoms. The Kier molecular flexibility index (Phi) is 5.16. The fourth-order valence-corrected chi connectivity index (χ4v) is 2.06. The van der Waals surface area contributed by atoms with E-state index in [-0.39, 0.29) is 17.4 Å². The Hall–Kier alpha value is -2.34. The summed E-state index contributed by atoms with van der Waals surface area (Å²) in [6.45, 7) is 5.39. The monoisotopic (exact) mass is 302 g/mol. The van der Waals surface area contributed by atoms with E-state index in [4.69, 9.17) is 0 Å². The summed E-state index contributed by atoms with van der Waals surface area (Å²) in [6.07, 6.45) is 1.44. The number of rotatable bonds is 6. The molecule has 0 saturated heterocycles. The summed E-state index contributed by atoms with van der Waals surface area (Å²) in [5.74, 6) is -0.0613. The van der Waals surface area contributed by atoms with Crippen molar-refractivity contribution >= 4 is 5.91 Å². The zero-order valence-electron chi connectivity index (χ0n) is 13.1. The standard InChI is InChI=1S/C16H22N4O2/c1-11(2)12-4-6-13(7-5-12)20-10-14(21)15(19-20)16(22)18-9-8-17-3/h4-7,10-11,17,21H,8-9H2,1-3H3,(H,18,22). The highest BCUT2D eigenvalue weighted by molar-refractivity contribution is 5.94. The SMILES string of the molecule is CNCCNC(=O)c1nn(-c2ccc(C(C)C)cc2)cc1O. The van der Waals surface area contributed by atoms with Gasteiger partial charge < -0.3 is 15.7 Å². The van der Waals surface area contributed by atoms with Gasteiger partial charge in [-0.05, 0) is 30.7 Å². The first kappa shape index (κ1) is 16.0. The molecular formula is C16H22N4O2. The van der Waals surface area contributed by atoms with Crippen LogP contribution in [-0.2, 0) is 0 Å². The van der Waals surface area contributed by atoms with Crippen LogP contribution in [0.1, 0.15) is 35.8 Å². The average molecular weight is 302 g/mol. The molecule has 0 spiro atoms. The number of aromatic nitrogens is 2. The van der Waals surface area contributed by atoms with Crippen LogP contribution in [0.3, 0.4) is 0 Å². The first-order chi connectivity index (χ1) is 10.5. The second-order valence-electron chi connectivity index (χ2n) is 5.41. The van der Waals surface area contributed by atoms with Crippen LogP contribution in [0.25, 0.3) is 5.69 Å². The summed E-state index contributed by atoms with van der Waals surface area (Å²) in [5.41, 5.74) is 2.06. The molecule has 0 unspecified atom stereocenters. The number of hydrogen-bond donors (Lipinski definition) is 3. The lowest BCUT2D eigenvalue weighted by atomic mass is 10.0. The van der Waals surface area contributed by atoms with Gasteiger partial charge in [-0.2, -0.15) is 5.10 Å². The van der Waals surface area contributed by atoms with Gasteiger partial charge in [-0.1, -0.05) is 26.0 Å². The van der Waals surface area contributed by atoms with Crippen LogP contribution in [0.5, 0.6) is 5.75 Å². The van der Waals surface area contributed by atoms with Crippen LogP contribution in [0.15, 0.2) is 30.5 Å². The van der Waals surface area contributed by atoms with E-state index in [2.05, 4.69) is 29.6 Å². The average Bonchev–Trinajstić information content (AvgIpc) is 2.89. The van der Waals surface area contributed by atoms with E-state index in [9.17, 15) is 9.90 Å². The van der Waals surface area contributed by atoms with Crippen molar-refractivity contribution in [1.29, 1.82) is 0 Å². The van der Waals surface area contributed by atoms with Gasteiger partial charge in [0.25, 0.3) is 5.91 Å². The Morgan fingerprint density at radius 3 is 2.55 bits per heavy atom. The normalized spacial score (nSPS) is 10.9. The number of aromatic hydroxyl groups is 1. The molecule has 1 aromatic carbocycles. The second-order valence-corrected chi connectivity index (χ2v) is 5.41. The maximum Gasteiger partial charge on any atom is 0.275 e. The Labute approximate surface area is 130 Å². The van der Waals surface area contributed by atoms with Gasteiger partial charge in [0, 0.05) is 13.1 Å². The van der Waals surface area contributed by atoms with Crippen molar-refractivity contribution in [3.8, 4) is 11.4 Å². The minimum absolute atomic E-state index is 0.0315. The first-order valence-corrected chi connectivity index (χ1v) is 7.34. The molecule has 22 heavy (non-hydrogen) atoms. The van der Waals surface area contributed by atoms with Crippen LogP contribution in [-0.4, -0.2) is 40.9 Å². The van der Waals surface area contributed by atoms with Gasteiger partial charge in [0.2, 0.25) is 0 Å². The van der Waals surface area contributed by atoms with Crippen LogP contribution in [0.2, 0.25) is 0 Å². The van der Waals surface area contributed by atoms with Crippen molar-refractivity contribution in [2.75, 3.05) is 20.1 Å². The van der Waals surface area contributed by atoms with Crippen molar-refractivity contribution in [3.05, 3.63) is 41.7 Å². The largest absolute Gasteiger partial charge is 0.504 e. The van der Waals surface area contributed by atoms with Gasteiger partial charge in [0.1, 0.15) is 0 Å². The highest BCUT2D eigenvalue weighted by Crippen LogP contribution is 2.20. The van der Waals surface area contributed by atoms with Gasteiger partial charge >= 0.3 is 0 Å². The molecule has 3 N–H and O–H groups in total. The molecule has 1 aromatic heterocycles. The molecule has 2 rings (SSSR count). The molecule has 0 atom stereocenters. The molecule has 6 heteroatoms. The van der Waals surface area contributed by atoms with Gasteiger partial charge in [0.05, 0.1) is 11.9 Å². The molecule has 1 amide bonds. The van der Waals surface area contributed by atoms with Crippen LogP contribution in [0, 0.1) is 0 Å². The van der Waals surface area contributed by atoms with E-state index in [1.54, 1.807) is 7.05 Å². The van der Waals surface area contributed by atoms with E-state index in [1.165, 1.54) is 16.4 Å². The fraction of sp³-hybridized carbons (Fsp3) is 0.375. The third-order valence-corrected chi connectivity index (χ3v) is 3.39. The van der Waals surface area contributed by atoms with Crippen molar-refractivity contribution in [2.24, 2.45) is 0 Å². The van der Waals surface area contributed by atoms with Gasteiger partial charge in [-0.3, -0.25) is 4.79 Å². The number of amides is 1. The lowest BCUT2D eigenvalue weighted by Gasteiger charge is -2.06. The third-order valence-electron chi connectivity index (χ3n) is 3.39. The molecule has 118 valence electrons. The summed E-state index contributed by atoms with van der Waals surface area (Å²) in [4.78, 5) is 12.0. The quantitative estimate of drug-likeness (QED) is 0.709. The lowest BCUT2D eigenvalue weighted by molar-refractivity contribution is 0.0946. The highest BCUT2D eigenvalue weighted by atomic mass is 16.3. The predicted molar refractivity (Wildman–Crippen MR) is 85.6 cm³/mol. The fourth-order valence-electron chi connectivity index (χ4n) is 2.06. The lowest BCUT2D eigenvalue weighted by Crippen LogP contribution is -2.30. The van der Waals surface area contributed by atoms with E-state index in [0.717, 1.165) is 5.69 Å². The molecule has 1 heterocycles. The second kappa shape index (κ2) is 7.09. The summed E-state index contributed by atoms with van der Waals surface area (Å²) in [7, 11) is 1.80. The predicted octanol–water partition coefficient (Wildman–Crippen LogP) is 1.65. The minimum Gasteiger partial charge on any atom is -0.504 e. The van der Waals surface area contributed by atoms with Crippen molar-refractivity contribution in [3.63, 3.8) is 0 Å². The highest BCUT2D eigenvalue weighted by Gasteiger charge is 2.16. The summed E-state index contributed by atoms with van der Waals surface area (Å²) in [6, 6.07) is 7.88. The molecule has 2 aromatic rings. The molecule has 0 aliphatic carbocycles. The van der Waals surface area contributed by atoms with E-state index >= 15 is 0 Å². The van der Waals surface area contributed by atoms with E-state index in [0.29, 0.717) is 19.0 Å². The van der Waals surface area contributed by atoms with E-state index in [1.807, 2.05) is 24.3 Å². The third kappa shape index (κ3) is 3.65. The van der Waals surface area contributed by atoms with Crippen LogP contribution in [0.4, 0.5) is 0 Å². The van der Waals surface area contributed by atoms with Crippen molar-refractivity contribution in [2.45, 2.75) is 19.8 Å². The molecule has 0 radical (unpaired) electrons. The first-order valence-electron chi connectivity index (χ1n) is 7.34. The minimum atomic E-state index is -0.384. The summed E-state index contributed by atoms with van der Waals surface area (Å²) >= 11 is 0. The molecular weight excluding hydrogens is 280 g/mol. The number of hydrogen-bond acceptors (Lipinski definition) is 4. The van der Waals surface area contributed by atoms with E-state index < -0.39 is 0 Å². The number of nitrogens with zero attached hydrogens (tertiary/aromatic N) is 2. The zero-order valence-corrected chi connectivity index (χ0v) is 13.1.